The van der Waals surface area contributed by atoms with E-state index in [4.69, 9.17) is 0 Å². The lowest BCUT2D eigenvalue weighted by molar-refractivity contribution is -0.134. The SMILES string of the molecule is CCCCn1c(=O)c2ccccc2n2c(SCC(=O)N3C(C)CCCC3C)nnc12. The standard InChI is InChI=1S/C22H29N5O2S/c1-4-5-13-25-20(29)17-11-6-7-12-18(17)27-21(25)23-24-22(27)30-14-19(28)26-15(2)9-8-10-16(26)3/h6-7,11-12,15-16H,4-5,8-10,13-14H2,1-3H3. The van der Waals surface area contributed by atoms with Crippen molar-refractivity contribution in [3.8, 4) is 0 Å². The van der Waals surface area contributed by atoms with E-state index < -0.39 is 0 Å². The maximum absolute atomic E-state index is 13.0. The van der Waals surface area contributed by atoms with Gasteiger partial charge in [0.15, 0.2) is 5.16 Å². The molecule has 0 bridgehead atoms. The van der Waals surface area contributed by atoms with Gasteiger partial charge in [-0.25, -0.2) is 0 Å². The van der Waals surface area contributed by atoms with Gasteiger partial charge in [-0.3, -0.25) is 18.6 Å². The first-order valence-electron chi connectivity index (χ1n) is 10.8. The average molecular weight is 428 g/mol. The van der Waals surface area contributed by atoms with Crippen molar-refractivity contribution in [3.05, 3.63) is 34.6 Å². The Hall–Kier alpha value is -2.35. The number of piperidine rings is 1. The highest BCUT2D eigenvalue weighted by Gasteiger charge is 2.29. The molecule has 1 aliphatic rings. The van der Waals surface area contributed by atoms with Crippen molar-refractivity contribution in [2.75, 3.05) is 5.75 Å². The first kappa shape index (κ1) is 20.9. The number of hydrogen-bond acceptors (Lipinski definition) is 5. The zero-order chi connectivity index (χ0) is 21.3. The second-order valence-electron chi connectivity index (χ2n) is 8.16. The summed E-state index contributed by atoms with van der Waals surface area (Å²) in [5.41, 5.74) is 0.743. The summed E-state index contributed by atoms with van der Waals surface area (Å²) in [5.74, 6) is 1.000. The van der Waals surface area contributed by atoms with Crippen LogP contribution in [0.25, 0.3) is 16.7 Å². The summed E-state index contributed by atoms with van der Waals surface area (Å²) < 4.78 is 3.63. The number of thioether (sulfide) groups is 1. The Labute approximate surface area is 180 Å². The van der Waals surface area contributed by atoms with Gasteiger partial charge in [0, 0.05) is 18.6 Å². The summed E-state index contributed by atoms with van der Waals surface area (Å²) >= 11 is 1.40. The van der Waals surface area contributed by atoms with Crippen molar-refractivity contribution in [3.63, 3.8) is 0 Å². The van der Waals surface area contributed by atoms with E-state index in [1.807, 2.05) is 33.6 Å². The molecular weight excluding hydrogens is 398 g/mol. The number of hydrogen-bond donors (Lipinski definition) is 0. The Kier molecular flexibility index (Phi) is 6.13. The lowest BCUT2D eigenvalue weighted by atomic mass is 9.98. The third-order valence-corrected chi connectivity index (χ3v) is 6.93. The number of unbranched alkanes of at least 4 members (excludes halogenated alkanes) is 1. The van der Waals surface area contributed by atoms with E-state index in [1.165, 1.54) is 18.2 Å². The first-order chi connectivity index (χ1) is 14.5. The molecule has 2 atom stereocenters. The zero-order valence-corrected chi connectivity index (χ0v) is 18.7. The number of fused-ring (bicyclic) bond motifs is 3. The fourth-order valence-corrected chi connectivity index (χ4v) is 5.27. The summed E-state index contributed by atoms with van der Waals surface area (Å²) in [6.45, 7) is 6.96. The van der Waals surface area contributed by atoms with Gasteiger partial charge in [0.25, 0.3) is 5.56 Å². The Balaban J connectivity index is 1.69. The van der Waals surface area contributed by atoms with Gasteiger partial charge in [-0.05, 0) is 51.7 Å². The number of para-hydroxylation sites is 1. The summed E-state index contributed by atoms with van der Waals surface area (Å²) in [4.78, 5) is 28.0. The maximum atomic E-state index is 13.0. The van der Waals surface area contributed by atoms with Crippen molar-refractivity contribution in [1.29, 1.82) is 0 Å². The van der Waals surface area contributed by atoms with E-state index in [0.29, 0.717) is 28.6 Å². The minimum absolute atomic E-state index is 0.0393. The smallest absolute Gasteiger partial charge is 0.262 e. The fraction of sp³-hybridized carbons (Fsp3) is 0.545. The summed E-state index contributed by atoms with van der Waals surface area (Å²) in [6.07, 6.45) is 5.18. The third kappa shape index (κ3) is 3.73. The van der Waals surface area contributed by atoms with Crippen LogP contribution in [0.15, 0.2) is 34.2 Å². The van der Waals surface area contributed by atoms with Gasteiger partial charge in [0.2, 0.25) is 11.7 Å². The van der Waals surface area contributed by atoms with Gasteiger partial charge in [0.05, 0.1) is 16.7 Å². The Morgan fingerprint density at radius 1 is 1.17 bits per heavy atom. The molecule has 0 radical (unpaired) electrons. The minimum atomic E-state index is -0.0393. The van der Waals surface area contributed by atoms with Crippen LogP contribution in [0, 0.1) is 0 Å². The van der Waals surface area contributed by atoms with Gasteiger partial charge in [-0.2, -0.15) is 0 Å². The third-order valence-electron chi connectivity index (χ3n) is 6.02. The predicted octanol–water partition coefficient (Wildman–Crippen LogP) is 3.73. The van der Waals surface area contributed by atoms with Crippen LogP contribution in [-0.2, 0) is 11.3 Å². The molecule has 2 unspecified atom stereocenters. The molecule has 3 heterocycles. The van der Waals surface area contributed by atoms with E-state index in [2.05, 4.69) is 31.0 Å². The van der Waals surface area contributed by atoms with E-state index in [0.717, 1.165) is 31.2 Å². The van der Waals surface area contributed by atoms with Crippen LogP contribution in [0.5, 0.6) is 0 Å². The van der Waals surface area contributed by atoms with E-state index in [9.17, 15) is 9.59 Å². The average Bonchev–Trinajstić information content (AvgIpc) is 3.16. The molecule has 4 rings (SSSR count). The Morgan fingerprint density at radius 2 is 1.90 bits per heavy atom. The van der Waals surface area contributed by atoms with Crippen LogP contribution in [0.4, 0.5) is 0 Å². The molecule has 2 aromatic heterocycles. The van der Waals surface area contributed by atoms with Crippen LogP contribution in [0.3, 0.4) is 0 Å². The fourth-order valence-electron chi connectivity index (χ4n) is 4.46. The summed E-state index contributed by atoms with van der Waals surface area (Å²) in [5, 5.41) is 9.98. The van der Waals surface area contributed by atoms with Crippen LogP contribution in [0.1, 0.15) is 52.9 Å². The van der Waals surface area contributed by atoms with Crippen LogP contribution in [-0.4, -0.2) is 47.8 Å². The van der Waals surface area contributed by atoms with Gasteiger partial charge in [0.1, 0.15) is 0 Å². The van der Waals surface area contributed by atoms with Crippen LogP contribution >= 0.6 is 11.8 Å². The predicted molar refractivity (Wildman–Crippen MR) is 120 cm³/mol. The molecule has 1 amide bonds. The number of rotatable bonds is 6. The molecule has 160 valence electrons. The second kappa shape index (κ2) is 8.79. The highest BCUT2D eigenvalue weighted by Crippen LogP contribution is 2.26. The molecule has 7 nitrogen and oxygen atoms in total. The van der Waals surface area contributed by atoms with Crippen LogP contribution < -0.4 is 5.56 Å². The molecule has 8 heteroatoms. The van der Waals surface area contributed by atoms with Crippen molar-refractivity contribution in [2.24, 2.45) is 0 Å². The molecule has 30 heavy (non-hydrogen) atoms. The minimum Gasteiger partial charge on any atom is -0.337 e. The molecule has 1 aliphatic heterocycles. The molecule has 0 N–H and O–H groups in total. The molecule has 1 fully saturated rings. The van der Waals surface area contributed by atoms with Gasteiger partial charge in [-0.15, -0.1) is 10.2 Å². The highest BCUT2D eigenvalue weighted by atomic mass is 32.2. The van der Waals surface area contributed by atoms with Gasteiger partial charge < -0.3 is 4.90 Å². The number of aryl methyl sites for hydroxylation is 1. The van der Waals surface area contributed by atoms with Gasteiger partial charge >= 0.3 is 0 Å². The topological polar surface area (TPSA) is 72.5 Å². The molecule has 1 aromatic carbocycles. The molecule has 0 aliphatic carbocycles. The van der Waals surface area contributed by atoms with Crippen LogP contribution in [0.2, 0.25) is 0 Å². The quantitative estimate of drug-likeness (QED) is 0.561. The number of aromatic nitrogens is 4. The number of benzene rings is 1. The molecule has 3 aromatic rings. The molecule has 0 saturated carbocycles. The van der Waals surface area contributed by atoms with E-state index >= 15 is 0 Å². The molecule has 1 saturated heterocycles. The highest BCUT2D eigenvalue weighted by molar-refractivity contribution is 7.99. The number of carbonyl (C=O) groups is 1. The second-order valence-corrected chi connectivity index (χ2v) is 9.11. The lowest BCUT2D eigenvalue weighted by Crippen LogP contribution is -2.48. The van der Waals surface area contributed by atoms with E-state index in [-0.39, 0.29) is 23.6 Å². The maximum Gasteiger partial charge on any atom is 0.262 e. The normalized spacial score (nSPS) is 19.6. The number of amides is 1. The summed E-state index contributed by atoms with van der Waals surface area (Å²) in [7, 11) is 0. The van der Waals surface area contributed by atoms with E-state index in [1.54, 1.807) is 4.57 Å². The first-order valence-corrected chi connectivity index (χ1v) is 11.8. The number of nitrogens with zero attached hydrogens (tertiary/aromatic N) is 5. The van der Waals surface area contributed by atoms with Crippen molar-refractivity contribution in [1.82, 2.24) is 24.1 Å². The Bertz CT molecular complexity index is 1110. The Morgan fingerprint density at radius 3 is 2.63 bits per heavy atom. The van der Waals surface area contributed by atoms with Crippen molar-refractivity contribution >= 4 is 34.3 Å². The lowest BCUT2D eigenvalue weighted by Gasteiger charge is -2.39. The zero-order valence-electron chi connectivity index (χ0n) is 17.9. The molecular formula is C22H29N5O2S. The van der Waals surface area contributed by atoms with Crippen molar-refractivity contribution in [2.45, 2.75) is 76.7 Å². The number of carbonyl (C=O) groups excluding carboxylic acids is 1. The molecule has 0 spiro atoms. The summed E-state index contributed by atoms with van der Waals surface area (Å²) in [6, 6.07) is 8.09. The monoisotopic (exact) mass is 427 g/mol. The number of likely N-dealkylation sites (tertiary alicyclic amines) is 1. The van der Waals surface area contributed by atoms with Gasteiger partial charge in [-0.1, -0.05) is 37.2 Å². The largest absolute Gasteiger partial charge is 0.337 e. The van der Waals surface area contributed by atoms with Crippen molar-refractivity contribution < 1.29 is 4.79 Å².